The van der Waals surface area contributed by atoms with Crippen LogP contribution in [0.3, 0.4) is 0 Å². The molecular formula is C25H48N4. The number of rotatable bonds is 9. The van der Waals surface area contributed by atoms with Gasteiger partial charge in [0.2, 0.25) is 0 Å². The highest BCUT2D eigenvalue weighted by molar-refractivity contribution is 5.00. The maximum atomic E-state index is 2.83. The van der Waals surface area contributed by atoms with Crippen LogP contribution in [0.25, 0.3) is 0 Å². The zero-order valence-corrected chi connectivity index (χ0v) is 19.9. The van der Waals surface area contributed by atoms with Crippen LogP contribution < -0.4 is 0 Å². The van der Waals surface area contributed by atoms with Crippen molar-refractivity contribution in [3.63, 3.8) is 0 Å². The molecule has 3 saturated heterocycles. The number of likely N-dealkylation sites (tertiary alicyclic amines) is 2. The zero-order chi connectivity index (χ0) is 20.4. The minimum atomic E-state index is 0.713. The molecule has 0 aromatic heterocycles. The van der Waals surface area contributed by atoms with Gasteiger partial charge in [-0.1, -0.05) is 27.2 Å². The van der Waals surface area contributed by atoms with Gasteiger partial charge >= 0.3 is 0 Å². The third-order valence-electron chi connectivity index (χ3n) is 9.03. The Kier molecular flexibility index (Phi) is 7.26. The summed E-state index contributed by atoms with van der Waals surface area (Å²) >= 11 is 0. The van der Waals surface area contributed by atoms with Crippen molar-refractivity contribution in [1.82, 2.24) is 19.6 Å². The molecule has 4 nitrogen and oxygen atoms in total. The van der Waals surface area contributed by atoms with Gasteiger partial charge in [-0.05, 0) is 56.8 Å². The summed E-state index contributed by atoms with van der Waals surface area (Å²) in [6, 6.07) is 2.48. The lowest BCUT2D eigenvalue weighted by molar-refractivity contribution is -0.0133. The Labute approximate surface area is 181 Å². The van der Waals surface area contributed by atoms with Gasteiger partial charge in [-0.2, -0.15) is 0 Å². The molecule has 1 saturated carbocycles. The van der Waals surface area contributed by atoms with Crippen LogP contribution in [0.1, 0.15) is 72.6 Å². The quantitative estimate of drug-likeness (QED) is 0.580. The summed E-state index contributed by atoms with van der Waals surface area (Å²) in [6.07, 6.45) is 9.90. The molecule has 4 aliphatic rings. The van der Waals surface area contributed by atoms with Crippen molar-refractivity contribution in [2.24, 2.45) is 11.3 Å². The van der Waals surface area contributed by atoms with Gasteiger partial charge in [0.15, 0.2) is 0 Å². The Morgan fingerprint density at radius 3 is 1.97 bits per heavy atom. The number of piperazine rings is 1. The van der Waals surface area contributed by atoms with Crippen molar-refractivity contribution >= 4 is 0 Å². The first-order chi connectivity index (χ1) is 14.0. The van der Waals surface area contributed by atoms with E-state index in [-0.39, 0.29) is 0 Å². The van der Waals surface area contributed by atoms with E-state index in [9.17, 15) is 0 Å². The molecule has 0 radical (unpaired) electrons. The summed E-state index contributed by atoms with van der Waals surface area (Å²) in [5.41, 5.74) is 0.713. The third kappa shape index (κ3) is 5.37. The number of nitrogens with zero attached hydrogens (tertiary/aromatic N) is 4. The van der Waals surface area contributed by atoms with Gasteiger partial charge < -0.3 is 0 Å². The van der Waals surface area contributed by atoms with E-state index in [1.807, 2.05) is 0 Å². The highest BCUT2D eigenvalue weighted by Crippen LogP contribution is 2.52. The zero-order valence-electron chi connectivity index (χ0n) is 19.9. The van der Waals surface area contributed by atoms with Gasteiger partial charge in [-0.15, -0.1) is 0 Å². The van der Waals surface area contributed by atoms with Crippen molar-refractivity contribution < 1.29 is 0 Å². The smallest absolute Gasteiger partial charge is 0.0350 e. The topological polar surface area (TPSA) is 13.0 Å². The molecule has 1 aliphatic carbocycles. The second kappa shape index (κ2) is 9.54. The van der Waals surface area contributed by atoms with E-state index in [1.54, 1.807) is 0 Å². The van der Waals surface area contributed by atoms with E-state index in [0.717, 1.165) is 24.0 Å². The van der Waals surface area contributed by atoms with Crippen molar-refractivity contribution in [2.75, 3.05) is 58.9 Å². The van der Waals surface area contributed by atoms with Crippen LogP contribution in [0.15, 0.2) is 0 Å². The fraction of sp³-hybridized carbons (Fsp3) is 1.00. The maximum Gasteiger partial charge on any atom is 0.0350 e. The van der Waals surface area contributed by atoms with Gasteiger partial charge in [0.05, 0.1) is 0 Å². The average Bonchev–Trinajstić information content (AvgIpc) is 3.49. The van der Waals surface area contributed by atoms with Gasteiger partial charge in [-0.25, -0.2) is 0 Å². The summed E-state index contributed by atoms with van der Waals surface area (Å²) in [7, 11) is 0. The van der Waals surface area contributed by atoms with Crippen molar-refractivity contribution in [3.05, 3.63) is 0 Å². The van der Waals surface area contributed by atoms with E-state index in [4.69, 9.17) is 0 Å². The minimum Gasteiger partial charge on any atom is -0.300 e. The number of hydrogen-bond donors (Lipinski definition) is 0. The molecule has 0 aromatic carbocycles. The first-order valence-corrected chi connectivity index (χ1v) is 13.0. The molecule has 4 rings (SSSR count). The van der Waals surface area contributed by atoms with Crippen LogP contribution in [-0.4, -0.2) is 96.6 Å². The first-order valence-electron chi connectivity index (χ1n) is 13.0. The van der Waals surface area contributed by atoms with Crippen LogP contribution in [0.5, 0.6) is 0 Å². The standard InChI is InChI=1S/C25H48N4/c1-5-21(3)17-25(9-10-25)20-26-18-24(19-26)28-11-7-23(8-12-28)29-15-13-27(14-16-29)22(4)6-2/h21-24H,5-20H2,1-4H3. The van der Waals surface area contributed by atoms with Crippen molar-refractivity contribution in [2.45, 2.75) is 90.8 Å². The molecule has 0 aromatic rings. The predicted octanol–water partition coefficient (Wildman–Crippen LogP) is 3.77. The maximum absolute atomic E-state index is 2.83. The van der Waals surface area contributed by atoms with Crippen LogP contribution in [0.2, 0.25) is 0 Å². The van der Waals surface area contributed by atoms with Crippen LogP contribution in [0, 0.1) is 11.3 Å². The summed E-state index contributed by atoms with van der Waals surface area (Å²) < 4.78 is 0. The fourth-order valence-electron chi connectivity index (χ4n) is 6.28. The van der Waals surface area contributed by atoms with Gasteiger partial charge in [-0.3, -0.25) is 19.6 Å². The first kappa shape index (κ1) is 22.0. The Morgan fingerprint density at radius 1 is 0.793 bits per heavy atom. The lowest BCUT2D eigenvalue weighted by Gasteiger charge is -2.50. The second-order valence-electron chi connectivity index (χ2n) is 11.2. The Balaban J connectivity index is 1.13. The van der Waals surface area contributed by atoms with E-state index in [2.05, 4.69) is 47.3 Å². The molecule has 3 aliphatic heterocycles. The molecule has 4 heteroatoms. The highest BCUT2D eigenvalue weighted by Gasteiger charge is 2.47. The van der Waals surface area contributed by atoms with Crippen molar-refractivity contribution in [1.29, 1.82) is 0 Å². The third-order valence-corrected chi connectivity index (χ3v) is 9.03. The highest BCUT2D eigenvalue weighted by atomic mass is 15.3. The normalized spacial score (nSPS) is 30.2. The molecule has 2 unspecified atom stereocenters. The second-order valence-corrected chi connectivity index (χ2v) is 11.2. The number of hydrogen-bond acceptors (Lipinski definition) is 4. The van der Waals surface area contributed by atoms with Gasteiger partial charge in [0.1, 0.15) is 0 Å². The monoisotopic (exact) mass is 404 g/mol. The molecule has 2 atom stereocenters. The van der Waals surface area contributed by atoms with E-state index in [0.29, 0.717) is 5.41 Å². The molecule has 4 fully saturated rings. The summed E-state index contributed by atoms with van der Waals surface area (Å²) in [5, 5.41) is 0. The SMILES string of the molecule is CCC(C)CC1(CN2CC(N3CCC(N4CCN(C(C)CC)CC4)CC3)C2)CC1. The lowest BCUT2D eigenvalue weighted by Crippen LogP contribution is -2.63. The fourth-order valence-corrected chi connectivity index (χ4v) is 6.28. The summed E-state index contributed by atoms with van der Waals surface area (Å²) in [4.78, 5) is 11.1. The minimum absolute atomic E-state index is 0.713. The van der Waals surface area contributed by atoms with Gasteiger partial charge in [0.25, 0.3) is 0 Å². The predicted molar refractivity (Wildman–Crippen MR) is 123 cm³/mol. The molecule has 29 heavy (non-hydrogen) atoms. The van der Waals surface area contributed by atoms with Crippen LogP contribution in [0.4, 0.5) is 0 Å². The van der Waals surface area contributed by atoms with E-state index in [1.165, 1.54) is 104 Å². The molecule has 168 valence electrons. The van der Waals surface area contributed by atoms with Crippen LogP contribution >= 0.6 is 0 Å². The Bertz CT molecular complexity index is 497. The van der Waals surface area contributed by atoms with Gasteiger partial charge in [0, 0.05) is 77.0 Å². The van der Waals surface area contributed by atoms with E-state index >= 15 is 0 Å². The summed E-state index contributed by atoms with van der Waals surface area (Å²) in [6.45, 7) is 21.5. The molecule has 0 bridgehead atoms. The largest absolute Gasteiger partial charge is 0.300 e. The lowest BCUT2D eigenvalue weighted by atomic mass is 9.89. The molecule has 3 heterocycles. The Hall–Kier alpha value is -0.160. The molecular weight excluding hydrogens is 356 g/mol. The van der Waals surface area contributed by atoms with Crippen molar-refractivity contribution in [3.8, 4) is 0 Å². The molecule has 0 amide bonds. The molecule has 0 spiro atoms. The summed E-state index contributed by atoms with van der Waals surface area (Å²) in [5.74, 6) is 0.917. The number of piperidine rings is 1. The average molecular weight is 405 g/mol. The molecule has 0 N–H and O–H groups in total. The van der Waals surface area contributed by atoms with Crippen LogP contribution in [-0.2, 0) is 0 Å². The Morgan fingerprint density at radius 2 is 1.41 bits per heavy atom. The van der Waals surface area contributed by atoms with E-state index < -0.39 is 0 Å².